The molecule has 0 saturated heterocycles. The number of hydrazone groups is 1. The van der Waals surface area contributed by atoms with Gasteiger partial charge < -0.3 is 4.74 Å². The molecule has 1 aliphatic rings. The highest BCUT2D eigenvalue weighted by Gasteiger charge is 2.37. The summed E-state index contributed by atoms with van der Waals surface area (Å²) in [6, 6.07) is 8.41. The molecule has 3 aromatic carbocycles. The number of anilines is 1. The van der Waals surface area contributed by atoms with Gasteiger partial charge in [0, 0.05) is 0 Å². The van der Waals surface area contributed by atoms with Crippen LogP contribution in [0.1, 0.15) is 18.1 Å². The number of hydrogen-bond donors (Lipinski definition) is 0. The molecule has 36 heavy (non-hydrogen) atoms. The monoisotopic (exact) mass is 544 g/mol. The molecule has 0 saturated carbocycles. The summed E-state index contributed by atoms with van der Waals surface area (Å²) in [5.74, 6) is -12.7. The highest BCUT2D eigenvalue weighted by molar-refractivity contribution is 6.37. The largest absolute Gasteiger partial charge is 0.486 e. The molecule has 4 rings (SSSR count). The Balaban J connectivity index is 1.63. The molecular weight excluding hydrogens is 533 g/mol. The summed E-state index contributed by atoms with van der Waals surface area (Å²) in [4.78, 5) is 12.8. The van der Waals surface area contributed by atoms with Gasteiger partial charge in [-0.25, -0.2) is 26.3 Å². The molecule has 4 nitrogen and oxygen atoms in total. The van der Waals surface area contributed by atoms with E-state index in [0.29, 0.717) is 5.56 Å². The Hall–Kier alpha value is -3.50. The minimum absolute atomic E-state index is 0.0300. The molecule has 0 N–H and O–H groups in total. The Kier molecular flexibility index (Phi) is 7.01. The highest BCUT2D eigenvalue weighted by atomic mass is 35.5. The van der Waals surface area contributed by atoms with Gasteiger partial charge in [-0.15, -0.1) is 0 Å². The first-order valence-electron chi connectivity index (χ1n) is 9.99. The van der Waals surface area contributed by atoms with Crippen LogP contribution < -0.4 is 9.75 Å². The number of nitrogens with zero attached hydrogens (tertiary/aromatic N) is 2. The van der Waals surface area contributed by atoms with E-state index in [1.807, 2.05) is 0 Å². The number of carbonyl (C=O) groups is 1. The summed E-state index contributed by atoms with van der Waals surface area (Å²) in [5.41, 5.74) is -1.01. The molecule has 186 valence electrons. The average Bonchev–Trinajstić information content (AvgIpc) is 3.09. The van der Waals surface area contributed by atoms with Crippen molar-refractivity contribution in [1.29, 1.82) is 0 Å². The first kappa shape index (κ1) is 25.6. The number of hydrogen-bond acceptors (Lipinski definition) is 3. The fourth-order valence-corrected chi connectivity index (χ4v) is 3.98. The third-order valence-electron chi connectivity index (χ3n) is 5.06. The lowest BCUT2D eigenvalue weighted by molar-refractivity contribution is -0.114. The maximum atomic E-state index is 14.2. The molecule has 1 aliphatic heterocycles. The predicted molar refractivity (Wildman–Crippen MR) is 122 cm³/mol. The van der Waals surface area contributed by atoms with Gasteiger partial charge in [-0.1, -0.05) is 35.3 Å². The van der Waals surface area contributed by atoms with Crippen molar-refractivity contribution in [3.63, 3.8) is 0 Å². The van der Waals surface area contributed by atoms with E-state index in [-0.39, 0.29) is 44.3 Å². The number of ether oxygens (including phenoxy) is 1. The lowest BCUT2D eigenvalue weighted by Crippen LogP contribution is -2.25. The van der Waals surface area contributed by atoms with Crippen molar-refractivity contribution in [3.05, 3.63) is 98.0 Å². The van der Waals surface area contributed by atoms with Gasteiger partial charge in [-0.2, -0.15) is 10.1 Å². The van der Waals surface area contributed by atoms with Crippen LogP contribution >= 0.6 is 23.2 Å². The summed E-state index contributed by atoms with van der Waals surface area (Å²) in [7, 11) is 0. The fraction of sp³-hybridized carbons (Fsp3) is 0.0833. The first-order valence-corrected chi connectivity index (χ1v) is 10.7. The quantitative estimate of drug-likeness (QED) is 0.147. The first-order chi connectivity index (χ1) is 17.0. The van der Waals surface area contributed by atoms with E-state index in [2.05, 4.69) is 5.10 Å². The second-order valence-electron chi connectivity index (χ2n) is 7.51. The van der Waals surface area contributed by atoms with E-state index in [0.717, 1.165) is 0 Å². The van der Waals surface area contributed by atoms with Gasteiger partial charge in [0.25, 0.3) is 5.91 Å². The number of benzene rings is 3. The van der Waals surface area contributed by atoms with Gasteiger partial charge in [-0.05, 0) is 48.4 Å². The average molecular weight is 545 g/mol. The fourth-order valence-electron chi connectivity index (χ4n) is 3.36. The van der Waals surface area contributed by atoms with Crippen LogP contribution in [0.2, 0.25) is 10.0 Å². The maximum Gasteiger partial charge on any atom is 0.280 e. The van der Waals surface area contributed by atoms with Crippen molar-refractivity contribution in [2.45, 2.75) is 13.5 Å². The Morgan fingerprint density at radius 1 is 0.917 bits per heavy atom. The van der Waals surface area contributed by atoms with Gasteiger partial charge in [0.15, 0.2) is 29.0 Å². The Labute approximate surface area is 210 Å². The molecule has 1 heterocycles. The second-order valence-corrected chi connectivity index (χ2v) is 8.33. The summed E-state index contributed by atoms with van der Waals surface area (Å²) in [5, 5.41) is 3.81. The van der Waals surface area contributed by atoms with Crippen LogP contribution in [0.5, 0.6) is 5.75 Å². The molecule has 0 radical (unpaired) electrons. The van der Waals surface area contributed by atoms with Crippen LogP contribution in [0.25, 0.3) is 6.08 Å². The minimum Gasteiger partial charge on any atom is -0.486 e. The van der Waals surface area contributed by atoms with Crippen molar-refractivity contribution in [2.75, 3.05) is 5.01 Å². The lowest BCUT2D eigenvalue weighted by Gasteiger charge is -2.15. The number of halogens is 8. The van der Waals surface area contributed by atoms with Gasteiger partial charge in [0.05, 0.1) is 21.3 Å². The van der Waals surface area contributed by atoms with Gasteiger partial charge in [-0.3, -0.25) is 4.79 Å². The molecular formula is C24H12Cl2F6N2O2. The van der Waals surface area contributed by atoms with Crippen LogP contribution in [0.4, 0.5) is 32.0 Å². The van der Waals surface area contributed by atoms with E-state index in [1.54, 1.807) is 6.07 Å². The van der Waals surface area contributed by atoms with Crippen LogP contribution in [-0.4, -0.2) is 11.6 Å². The van der Waals surface area contributed by atoms with E-state index >= 15 is 0 Å². The molecule has 0 unspecified atom stereocenters. The van der Waals surface area contributed by atoms with Gasteiger partial charge in [0.1, 0.15) is 18.1 Å². The summed E-state index contributed by atoms with van der Waals surface area (Å²) < 4.78 is 87.9. The molecule has 0 aliphatic carbocycles. The standard InChI is InChI=1S/C24H12Cl2F6N2O2/c1-10-14(24(35)34(33-10)22-20(31)18(29)17(28)19(30)21(22)32)6-12-7-15(25)23(16(26)8-12)36-9-11-3-2-4-13(27)5-11/h2-8H,9H2,1H3/b14-6+. The van der Waals surface area contributed by atoms with Crippen molar-refractivity contribution in [2.24, 2.45) is 5.10 Å². The number of amides is 1. The summed E-state index contributed by atoms with van der Waals surface area (Å²) in [6.07, 6.45) is 1.22. The highest BCUT2D eigenvalue weighted by Crippen LogP contribution is 2.37. The number of rotatable bonds is 5. The molecule has 12 heteroatoms. The van der Waals surface area contributed by atoms with Crippen LogP contribution in [-0.2, 0) is 11.4 Å². The van der Waals surface area contributed by atoms with Gasteiger partial charge in [0.2, 0.25) is 5.82 Å². The third kappa shape index (κ3) is 4.66. The topological polar surface area (TPSA) is 41.9 Å². The second kappa shape index (κ2) is 9.87. The maximum absolute atomic E-state index is 14.2. The van der Waals surface area contributed by atoms with E-state index < -0.39 is 46.5 Å². The molecule has 0 bridgehead atoms. The van der Waals surface area contributed by atoms with Crippen LogP contribution in [0.3, 0.4) is 0 Å². The summed E-state index contributed by atoms with van der Waals surface area (Å²) in [6.45, 7) is 1.26. The zero-order valence-corrected chi connectivity index (χ0v) is 19.5. The van der Waals surface area contributed by atoms with Crippen LogP contribution in [0.15, 0.2) is 47.1 Å². The normalized spacial score (nSPS) is 14.6. The van der Waals surface area contributed by atoms with Gasteiger partial charge >= 0.3 is 0 Å². The Morgan fingerprint density at radius 3 is 2.08 bits per heavy atom. The lowest BCUT2D eigenvalue weighted by atomic mass is 10.1. The minimum atomic E-state index is -2.36. The van der Waals surface area contributed by atoms with E-state index in [1.165, 1.54) is 43.3 Å². The van der Waals surface area contributed by atoms with Crippen molar-refractivity contribution in [3.8, 4) is 5.75 Å². The molecule has 0 spiro atoms. The smallest absolute Gasteiger partial charge is 0.280 e. The molecule has 3 aromatic rings. The van der Waals surface area contributed by atoms with E-state index in [9.17, 15) is 31.1 Å². The summed E-state index contributed by atoms with van der Waals surface area (Å²) >= 11 is 12.5. The molecule has 0 fully saturated rings. The predicted octanol–water partition coefficient (Wildman–Crippen LogP) is 7.21. The molecule has 1 amide bonds. The molecule has 0 atom stereocenters. The van der Waals surface area contributed by atoms with Crippen molar-refractivity contribution in [1.82, 2.24) is 0 Å². The van der Waals surface area contributed by atoms with Crippen molar-refractivity contribution < 1.29 is 35.9 Å². The van der Waals surface area contributed by atoms with Crippen molar-refractivity contribution >= 4 is 46.6 Å². The molecule has 0 aromatic heterocycles. The van der Waals surface area contributed by atoms with E-state index in [4.69, 9.17) is 27.9 Å². The third-order valence-corrected chi connectivity index (χ3v) is 5.63. The zero-order chi connectivity index (χ0) is 26.3. The van der Waals surface area contributed by atoms with Crippen LogP contribution in [0, 0.1) is 34.9 Å². The number of carbonyl (C=O) groups excluding carboxylic acids is 1. The zero-order valence-electron chi connectivity index (χ0n) is 18.0. The Morgan fingerprint density at radius 2 is 1.50 bits per heavy atom. The SMILES string of the molecule is CC1=NN(c2c(F)c(F)c(F)c(F)c2F)C(=O)/C1=C/c1cc(Cl)c(OCc2cccc(F)c2)c(Cl)c1. The Bertz CT molecular complexity index is 1420.